The quantitative estimate of drug-likeness (QED) is 0.784. The van der Waals surface area contributed by atoms with E-state index < -0.39 is 0 Å². The van der Waals surface area contributed by atoms with E-state index >= 15 is 0 Å². The average Bonchev–Trinajstić information content (AvgIpc) is 2.39. The summed E-state index contributed by atoms with van der Waals surface area (Å²) >= 11 is 0. The van der Waals surface area contributed by atoms with Crippen molar-refractivity contribution in [2.24, 2.45) is 17.6 Å². The Labute approximate surface area is 104 Å². The van der Waals surface area contributed by atoms with Gasteiger partial charge in [-0.2, -0.15) is 0 Å². The zero-order chi connectivity index (χ0) is 13.4. The first-order chi connectivity index (χ1) is 7.66. The number of hydrogen-bond donors (Lipinski definition) is 2. The molecule has 3 N–H and O–H groups in total. The zero-order valence-electron chi connectivity index (χ0n) is 11.8. The summed E-state index contributed by atoms with van der Waals surface area (Å²) in [5, 5.41) is 3.04. The van der Waals surface area contributed by atoms with Crippen LogP contribution < -0.4 is 11.1 Å². The van der Waals surface area contributed by atoms with E-state index in [-0.39, 0.29) is 41.5 Å². The fourth-order valence-electron chi connectivity index (χ4n) is 2.23. The lowest BCUT2D eigenvalue weighted by Gasteiger charge is -2.32. The molecule has 5 unspecified atom stereocenters. The van der Waals surface area contributed by atoms with Crippen LogP contribution in [0.1, 0.15) is 41.5 Å². The van der Waals surface area contributed by atoms with Gasteiger partial charge in [-0.3, -0.25) is 4.79 Å². The molecule has 5 atom stereocenters. The topological polar surface area (TPSA) is 64.3 Å². The fourth-order valence-corrected chi connectivity index (χ4v) is 2.23. The molecule has 17 heavy (non-hydrogen) atoms. The maximum atomic E-state index is 12.3. The number of amides is 1. The van der Waals surface area contributed by atoms with Crippen LogP contribution in [0, 0.1) is 11.8 Å². The number of hydrogen-bond acceptors (Lipinski definition) is 3. The molecule has 0 aliphatic carbocycles. The van der Waals surface area contributed by atoms with Crippen LogP contribution in [0.25, 0.3) is 0 Å². The molecule has 1 aliphatic heterocycles. The third kappa shape index (κ3) is 2.99. The Morgan fingerprint density at radius 2 is 1.82 bits per heavy atom. The van der Waals surface area contributed by atoms with Gasteiger partial charge < -0.3 is 15.8 Å². The smallest absolute Gasteiger partial charge is 0.226 e. The standard InChI is InChI=1S/C13H26N2O2/c1-7-8(2)17-9(3)11(7)12(16)15-13(5,6)10(4)14/h7-11H,14H2,1-6H3,(H,15,16). The molecule has 0 spiro atoms. The number of carbonyl (C=O) groups is 1. The van der Waals surface area contributed by atoms with Gasteiger partial charge in [-0.25, -0.2) is 0 Å². The van der Waals surface area contributed by atoms with Gasteiger partial charge in [0.1, 0.15) is 0 Å². The Hall–Kier alpha value is -0.610. The maximum absolute atomic E-state index is 12.3. The summed E-state index contributed by atoms with van der Waals surface area (Å²) in [6.45, 7) is 11.8. The van der Waals surface area contributed by atoms with Crippen LogP contribution >= 0.6 is 0 Å². The van der Waals surface area contributed by atoms with Gasteiger partial charge in [-0.15, -0.1) is 0 Å². The van der Waals surface area contributed by atoms with E-state index in [1.807, 2.05) is 34.6 Å². The van der Waals surface area contributed by atoms with Crippen molar-refractivity contribution in [2.75, 3.05) is 0 Å². The lowest BCUT2D eigenvalue weighted by atomic mass is 9.87. The van der Waals surface area contributed by atoms with Crippen molar-refractivity contribution in [3.63, 3.8) is 0 Å². The summed E-state index contributed by atoms with van der Waals surface area (Å²) in [4.78, 5) is 12.3. The third-order valence-electron chi connectivity index (χ3n) is 4.13. The number of carbonyl (C=O) groups excluding carboxylic acids is 1. The van der Waals surface area contributed by atoms with Gasteiger partial charge in [0.2, 0.25) is 5.91 Å². The molecule has 0 aromatic heterocycles. The molecular weight excluding hydrogens is 216 g/mol. The van der Waals surface area contributed by atoms with Crippen LogP contribution in [0.3, 0.4) is 0 Å². The highest BCUT2D eigenvalue weighted by Crippen LogP contribution is 2.32. The van der Waals surface area contributed by atoms with Gasteiger partial charge >= 0.3 is 0 Å². The number of ether oxygens (including phenoxy) is 1. The second kappa shape index (κ2) is 4.94. The van der Waals surface area contributed by atoms with Crippen molar-refractivity contribution in [1.29, 1.82) is 0 Å². The second-order valence-electron chi connectivity index (χ2n) is 5.93. The minimum atomic E-state index is -0.387. The van der Waals surface area contributed by atoms with Crippen molar-refractivity contribution in [3.05, 3.63) is 0 Å². The van der Waals surface area contributed by atoms with Crippen molar-refractivity contribution >= 4 is 5.91 Å². The summed E-state index contributed by atoms with van der Waals surface area (Å²) in [5.74, 6) is 0.216. The predicted molar refractivity (Wildman–Crippen MR) is 68.5 cm³/mol. The molecule has 1 amide bonds. The van der Waals surface area contributed by atoms with Crippen LogP contribution in [0.5, 0.6) is 0 Å². The van der Waals surface area contributed by atoms with Crippen molar-refractivity contribution in [3.8, 4) is 0 Å². The molecule has 0 aromatic carbocycles. The molecule has 1 fully saturated rings. The largest absolute Gasteiger partial charge is 0.374 e. The molecule has 1 aliphatic rings. The molecular formula is C13H26N2O2. The summed E-state index contributed by atoms with van der Waals surface area (Å²) < 4.78 is 5.69. The molecule has 1 rings (SSSR count). The molecule has 100 valence electrons. The molecule has 0 bridgehead atoms. The van der Waals surface area contributed by atoms with Crippen molar-refractivity contribution in [2.45, 2.75) is 65.3 Å². The summed E-state index contributed by atoms with van der Waals surface area (Å²) in [6.07, 6.45) is 0.114. The summed E-state index contributed by atoms with van der Waals surface area (Å²) in [6, 6.07) is -0.0863. The van der Waals surface area contributed by atoms with Crippen LogP contribution in [-0.2, 0) is 9.53 Å². The lowest BCUT2D eigenvalue weighted by molar-refractivity contribution is -0.129. The molecule has 1 saturated heterocycles. The average molecular weight is 242 g/mol. The van der Waals surface area contributed by atoms with E-state index in [1.54, 1.807) is 0 Å². The van der Waals surface area contributed by atoms with Crippen LogP contribution in [0.2, 0.25) is 0 Å². The Morgan fingerprint density at radius 3 is 2.18 bits per heavy atom. The molecule has 0 radical (unpaired) electrons. The van der Waals surface area contributed by atoms with Gasteiger partial charge in [0.15, 0.2) is 0 Å². The Balaban J connectivity index is 2.71. The first-order valence-corrected chi connectivity index (χ1v) is 6.40. The normalized spacial score (nSPS) is 35.7. The van der Waals surface area contributed by atoms with Crippen LogP contribution in [0.15, 0.2) is 0 Å². The van der Waals surface area contributed by atoms with Gasteiger partial charge in [0.25, 0.3) is 0 Å². The molecule has 4 heteroatoms. The van der Waals surface area contributed by atoms with Gasteiger partial charge in [0.05, 0.1) is 18.1 Å². The molecule has 4 nitrogen and oxygen atoms in total. The van der Waals surface area contributed by atoms with E-state index in [0.29, 0.717) is 0 Å². The van der Waals surface area contributed by atoms with Crippen LogP contribution in [0.4, 0.5) is 0 Å². The van der Waals surface area contributed by atoms with Crippen molar-refractivity contribution in [1.82, 2.24) is 5.32 Å². The van der Waals surface area contributed by atoms with Gasteiger partial charge in [-0.05, 0) is 40.5 Å². The van der Waals surface area contributed by atoms with Gasteiger partial charge in [-0.1, -0.05) is 6.92 Å². The Morgan fingerprint density at radius 1 is 1.29 bits per heavy atom. The van der Waals surface area contributed by atoms with Gasteiger partial charge in [0, 0.05) is 11.6 Å². The van der Waals surface area contributed by atoms with E-state index in [0.717, 1.165) is 0 Å². The summed E-state index contributed by atoms with van der Waals surface area (Å²) in [7, 11) is 0. The fraction of sp³-hybridized carbons (Fsp3) is 0.923. The molecule has 1 heterocycles. The zero-order valence-corrected chi connectivity index (χ0v) is 11.8. The maximum Gasteiger partial charge on any atom is 0.226 e. The SMILES string of the molecule is CC1OC(C)C(C(=O)NC(C)(C)C(C)N)C1C. The predicted octanol–water partition coefficient (Wildman–Crippen LogP) is 1.29. The van der Waals surface area contributed by atoms with E-state index in [9.17, 15) is 4.79 Å². The Bertz CT molecular complexity index is 289. The van der Waals surface area contributed by atoms with E-state index in [1.165, 1.54) is 0 Å². The highest BCUT2D eigenvalue weighted by molar-refractivity contribution is 5.80. The van der Waals surface area contributed by atoms with E-state index in [2.05, 4.69) is 12.2 Å². The van der Waals surface area contributed by atoms with Crippen LogP contribution in [-0.4, -0.2) is 29.7 Å². The number of rotatable bonds is 3. The third-order valence-corrected chi connectivity index (χ3v) is 4.13. The highest BCUT2D eigenvalue weighted by Gasteiger charge is 2.43. The first-order valence-electron chi connectivity index (χ1n) is 6.40. The monoisotopic (exact) mass is 242 g/mol. The van der Waals surface area contributed by atoms with E-state index in [4.69, 9.17) is 10.5 Å². The van der Waals surface area contributed by atoms with Crippen molar-refractivity contribution < 1.29 is 9.53 Å². The molecule has 0 aromatic rings. The number of nitrogens with one attached hydrogen (secondary N) is 1. The summed E-state index contributed by atoms with van der Waals surface area (Å²) in [5.41, 5.74) is 5.48. The molecule has 0 saturated carbocycles. The minimum absolute atomic E-state index is 0.0242. The highest BCUT2D eigenvalue weighted by atomic mass is 16.5. The minimum Gasteiger partial charge on any atom is -0.374 e. The first kappa shape index (κ1) is 14.5. The number of nitrogens with two attached hydrogens (primary N) is 1. The Kier molecular flexibility index (Phi) is 4.20. The second-order valence-corrected chi connectivity index (χ2v) is 5.93. The lowest BCUT2D eigenvalue weighted by Crippen LogP contribution is -2.56.